The first-order chi connectivity index (χ1) is 7.63. The second-order valence-electron chi connectivity index (χ2n) is 5.05. The normalized spacial score (nSPS) is 25.8. The second kappa shape index (κ2) is 4.53. The molecule has 4 nitrogen and oxygen atoms in total. The van der Waals surface area contributed by atoms with Gasteiger partial charge >= 0.3 is 11.9 Å². The van der Waals surface area contributed by atoms with Crippen molar-refractivity contribution in [3.63, 3.8) is 0 Å². The fourth-order valence-electron chi connectivity index (χ4n) is 2.95. The lowest BCUT2D eigenvalue weighted by Crippen LogP contribution is -2.47. The molecule has 0 unspecified atom stereocenters. The van der Waals surface area contributed by atoms with Crippen molar-refractivity contribution in [2.45, 2.75) is 39.0 Å². The second-order valence-corrected chi connectivity index (χ2v) is 5.05. The molecular weight excluding hydrogens is 206 g/mol. The van der Waals surface area contributed by atoms with Crippen LogP contribution in [0.4, 0.5) is 0 Å². The summed E-state index contributed by atoms with van der Waals surface area (Å²) in [5.74, 6) is -0.805. The van der Waals surface area contributed by atoms with E-state index in [-0.39, 0.29) is 13.1 Å². The molecule has 0 spiro atoms. The van der Waals surface area contributed by atoms with Crippen molar-refractivity contribution in [1.29, 1.82) is 0 Å². The number of carbonyl (C=O) groups excluding carboxylic acids is 2. The van der Waals surface area contributed by atoms with Crippen LogP contribution in [0.1, 0.15) is 39.0 Å². The Bertz CT molecular complexity index is 279. The largest absolute Gasteiger partial charge is 0.391 e. The van der Waals surface area contributed by atoms with Crippen LogP contribution in [-0.2, 0) is 14.3 Å². The first-order valence-corrected chi connectivity index (χ1v) is 6.09. The van der Waals surface area contributed by atoms with Gasteiger partial charge in [0, 0.05) is 6.54 Å². The molecule has 1 heterocycles. The molecule has 1 aliphatic carbocycles. The molecule has 0 radical (unpaired) electrons. The Kier molecular flexibility index (Phi) is 3.28. The third-order valence-electron chi connectivity index (χ3n) is 3.91. The molecule has 2 rings (SSSR count). The quantitative estimate of drug-likeness (QED) is 0.537. The Labute approximate surface area is 95.9 Å². The predicted octanol–water partition coefficient (Wildman–Crippen LogP) is 1.34. The van der Waals surface area contributed by atoms with Crippen molar-refractivity contribution in [2.75, 3.05) is 19.6 Å². The van der Waals surface area contributed by atoms with Crippen LogP contribution in [0.2, 0.25) is 0 Å². The average molecular weight is 225 g/mol. The zero-order valence-electron chi connectivity index (χ0n) is 9.83. The highest BCUT2D eigenvalue weighted by molar-refractivity contribution is 5.90. The molecule has 4 heteroatoms. The molecule has 16 heavy (non-hydrogen) atoms. The smallest absolute Gasteiger partial charge is 0.327 e. The van der Waals surface area contributed by atoms with Gasteiger partial charge in [0.2, 0.25) is 0 Å². The molecule has 0 aromatic rings. The molecule has 0 amide bonds. The van der Waals surface area contributed by atoms with E-state index in [0.29, 0.717) is 5.41 Å². The third kappa shape index (κ3) is 2.43. The van der Waals surface area contributed by atoms with E-state index in [2.05, 4.69) is 11.7 Å². The fourth-order valence-corrected chi connectivity index (χ4v) is 2.95. The van der Waals surface area contributed by atoms with E-state index in [9.17, 15) is 9.59 Å². The zero-order chi connectivity index (χ0) is 11.6. The zero-order valence-corrected chi connectivity index (χ0v) is 9.83. The van der Waals surface area contributed by atoms with Crippen LogP contribution in [-0.4, -0.2) is 36.5 Å². The number of rotatable bonds is 3. The van der Waals surface area contributed by atoms with Gasteiger partial charge in [-0.3, -0.25) is 14.5 Å². The monoisotopic (exact) mass is 225 g/mol. The predicted molar refractivity (Wildman–Crippen MR) is 58.7 cm³/mol. The maximum absolute atomic E-state index is 11.2. The van der Waals surface area contributed by atoms with Gasteiger partial charge in [-0.25, -0.2) is 0 Å². The summed E-state index contributed by atoms with van der Waals surface area (Å²) in [5.41, 5.74) is 0.331. The molecule has 0 aromatic heterocycles. The Morgan fingerprint density at radius 1 is 1.19 bits per heavy atom. The van der Waals surface area contributed by atoms with E-state index in [1.165, 1.54) is 25.7 Å². The number of ether oxygens (including phenoxy) is 1. The van der Waals surface area contributed by atoms with E-state index in [1.807, 2.05) is 4.90 Å². The lowest BCUT2D eigenvalue weighted by Gasteiger charge is -2.35. The summed E-state index contributed by atoms with van der Waals surface area (Å²) in [4.78, 5) is 24.3. The number of cyclic esters (lactones) is 2. The maximum Gasteiger partial charge on any atom is 0.327 e. The van der Waals surface area contributed by atoms with E-state index in [0.717, 1.165) is 13.0 Å². The number of hydrogen-bond acceptors (Lipinski definition) is 4. The van der Waals surface area contributed by atoms with Crippen LogP contribution in [0.3, 0.4) is 0 Å². The van der Waals surface area contributed by atoms with E-state index < -0.39 is 11.9 Å². The Hall–Kier alpha value is -0.900. The van der Waals surface area contributed by atoms with Crippen molar-refractivity contribution < 1.29 is 14.3 Å². The van der Waals surface area contributed by atoms with E-state index in [1.54, 1.807) is 0 Å². The molecule has 1 saturated heterocycles. The summed E-state index contributed by atoms with van der Waals surface area (Å²) in [6.45, 7) is 3.61. The van der Waals surface area contributed by atoms with Gasteiger partial charge < -0.3 is 4.74 Å². The van der Waals surface area contributed by atoms with Gasteiger partial charge in [-0.05, 0) is 24.7 Å². The minimum absolute atomic E-state index is 0.271. The topological polar surface area (TPSA) is 46.6 Å². The molecule has 1 aliphatic heterocycles. The van der Waals surface area contributed by atoms with Crippen molar-refractivity contribution in [2.24, 2.45) is 5.41 Å². The molecule has 0 atom stereocenters. The van der Waals surface area contributed by atoms with Gasteiger partial charge in [-0.2, -0.15) is 0 Å². The average Bonchev–Trinajstić information content (AvgIpc) is 2.65. The minimum Gasteiger partial charge on any atom is -0.391 e. The van der Waals surface area contributed by atoms with E-state index >= 15 is 0 Å². The number of morpholine rings is 1. The van der Waals surface area contributed by atoms with Gasteiger partial charge in [0.05, 0.1) is 13.1 Å². The van der Waals surface area contributed by atoms with Gasteiger partial charge in [-0.15, -0.1) is 0 Å². The number of esters is 2. The highest BCUT2D eigenvalue weighted by Crippen LogP contribution is 2.41. The highest BCUT2D eigenvalue weighted by atomic mass is 16.6. The molecule has 0 bridgehead atoms. The van der Waals surface area contributed by atoms with Crippen LogP contribution in [0.5, 0.6) is 0 Å². The lowest BCUT2D eigenvalue weighted by molar-refractivity contribution is -0.167. The molecule has 0 aromatic carbocycles. The summed E-state index contributed by atoms with van der Waals surface area (Å²) in [6, 6.07) is 0. The summed E-state index contributed by atoms with van der Waals surface area (Å²) >= 11 is 0. The lowest BCUT2D eigenvalue weighted by atomic mass is 9.83. The minimum atomic E-state index is -0.402. The van der Waals surface area contributed by atoms with Crippen LogP contribution < -0.4 is 0 Å². The van der Waals surface area contributed by atoms with Crippen LogP contribution >= 0.6 is 0 Å². The number of hydrogen-bond donors (Lipinski definition) is 0. The van der Waals surface area contributed by atoms with Gasteiger partial charge in [0.15, 0.2) is 0 Å². The van der Waals surface area contributed by atoms with Gasteiger partial charge in [-0.1, -0.05) is 19.8 Å². The summed E-state index contributed by atoms with van der Waals surface area (Å²) in [5, 5.41) is 0. The molecule has 1 saturated carbocycles. The molecule has 90 valence electrons. The van der Waals surface area contributed by atoms with Crippen LogP contribution in [0, 0.1) is 5.41 Å². The van der Waals surface area contributed by atoms with Gasteiger partial charge in [0.25, 0.3) is 0 Å². The van der Waals surface area contributed by atoms with Crippen molar-refractivity contribution in [3.05, 3.63) is 0 Å². The first kappa shape index (κ1) is 11.6. The molecular formula is C12H19NO3. The Morgan fingerprint density at radius 2 is 1.75 bits per heavy atom. The highest BCUT2D eigenvalue weighted by Gasteiger charge is 2.36. The fraction of sp³-hybridized carbons (Fsp3) is 0.833. The molecule has 0 N–H and O–H groups in total. The number of nitrogens with zero attached hydrogens (tertiary/aromatic N) is 1. The summed E-state index contributed by atoms with van der Waals surface area (Å²) < 4.78 is 4.53. The Morgan fingerprint density at radius 3 is 2.25 bits per heavy atom. The van der Waals surface area contributed by atoms with Gasteiger partial charge in [0.1, 0.15) is 0 Å². The van der Waals surface area contributed by atoms with Crippen molar-refractivity contribution >= 4 is 11.9 Å². The SMILES string of the molecule is CCC1(CN2CC(=O)OC(=O)C2)CCCC1. The number of carbonyl (C=O) groups is 2. The van der Waals surface area contributed by atoms with Crippen molar-refractivity contribution in [3.8, 4) is 0 Å². The van der Waals surface area contributed by atoms with Crippen LogP contribution in [0.25, 0.3) is 0 Å². The summed E-state index contributed by atoms with van der Waals surface area (Å²) in [6.07, 6.45) is 6.14. The maximum atomic E-state index is 11.2. The van der Waals surface area contributed by atoms with Crippen LogP contribution in [0.15, 0.2) is 0 Å². The molecule has 2 fully saturated rings. The van der Waals surface area contributed by atoms with E-state index in [4.69, 9.17) is 0 Å². The Balaban J connectivity index is 1.97. The first-order valence-electron chi connectivity index (χ1n) is 6.09. The standard InChI is InChI=1S/C12H19NO3/c1-2-12(5-3-4-6-12)9-13-7-10(14)16-11(15)8-13/h2-9H2,1H3. The van der Waals surface area contributed by atoms with Crippen molar-refractivity contribution in [1.82, 2.24) is 4.90 Å². The summed E-state index contributed by atoms with van der Waals surface area (Å²) in [7, 11) is 0. The third-order valence-corrected chi connectivity index (χ3v) is 3.91. The molecule has 2 aliphatic rings.